The number of aliphatic hydroxyl groups is 2. The van der Waals surface area contributed by atoms with Crippen molar-refractivity contribution in [3.05, 3.63) is 34.9 Å². The van der Waals surface area contributed by atoms with Crippen LogP contribution in [0.3, 0.4) is 0 Å². The fourth-order valence-corrected chi connectivity index (χ4v) is 6.93. The van der Waals surface area contributed by atoms with Crippen molar-refractivity contribution >= 4 is 0 Å². The SMILES string of the molecule is CC(C)(C)CCCC1(C2=CCC3/C(=C/C=C4CC(O)C[C@H](O)C4)CCC[C@]23C)CC1. The minimum atomic E-state index is -0.377. The van der Waals surface area contributed by atoms with Crippen molar-refractivity contribution in [1.82, 2.24) is 0 Å². The highest BCUT2D eigenvalue weighted by Crippen LogP contribution is 2.67. The Kier molecular flexibility index (Phi) is 6.14. The molecule has 2 heteroatoms. The van der Waals surface area contributed by atoms with Crippen molar-refractivity contribution in [2.45, 2.75) is 117 Å². The fraction of sp³-hybridized carbons (Fsp3) is 0.786. The monoisotopic (exact) mass is 412 g/mol. The molecule has 4 atom stereocenters. The standard InChI is InChI=1S/C28H44O2/c1-26(2,3)12-6-14-28(15-16-28)25-11-10-24-21(7-5-13-27(24,25)4)9-8-20-17-22(29)19-23(30)18-20/h8-9,11,22-24,29-30H,5-7,10,12-19H2,1-4H3/b20-8?,21-9+/t22-,23?,24?,27+/m1/s1. The lowest BCUT2D eigenvalue weighted by molar-refractivity contribution is 0.0609. The summed E-state index contributed by atoms with van der Waals surface area (Å²) in [5.41, 5.74) is 5.96. The molecule has 4 aliphatic rings. The van der Waals surface area contributed by atoms with Gasteiger partial charge in [0.25, 0.3) is 0 Å². The van der Waals surface area contributed by atoms with Crippen LogP contribution < -0.4 is 0 Å². The van der Waals surface area contributed by atoms with Gasteiger partial charge in [0.2, 0.25) is 0 Å². The van der Waals surface area contributed by atoms with Gasteiger partial charge in [-0.2, -0.15) is 0 Å². The van der Waals surface area contributed by atoms with Crippen LogP contribution in [0.15, 0.2) is 34.9 Å². The lowest BCUT2D eigenvalue weighted by Gasteiger charge is -2.43. The van der Waals surface area contributed by atoms with Crippen LogP contribution in [-0.2, 0) is 0 Å². The molecule has 0 aromatic rings. The zero-order valence-electron chi connectivity index (χ0n) is 19.8. The van der Waals surface area contributed by atoms with Gasteiger partial charge in [-0.15, -0.1) is 0 Å². The number of hydrogen-bond donors (Lipinski definition) is 2. The topological polar surface area (TPSA) is 40.5 Å². The normalized spacial score (nSPS) is 38.6. The quantitative estimate of drug-likeness (QED) is 0.483. The molecule has 0 amide bonds. The predicted molar refractivity (Wildman–Crippen MR) is 125 cm³/mol. The highest BCUT2D eigenvalue weighted by Gasteiger charge is 2.56. The third-order valence-corrected chi connectivity index (χ3v) is 8.63. The van der Waals surface area contributed by atoms with Crippen molar-refractivity contribution in [1.29, 1.82) is 0 Å². The highest BCUT2D eigenvalue weighted by molar-refractivity contribution is 5.39. The zero-order valence-corrected chi connectivity index (χ0v) is 19.8. The third kappa shape index (κ3) is 4.65. The van der Waals surface area contributed by atoms with Gasteiger partial charge < -0.3 is 10.2 Å². The average molecular weight is 413 g/mol. The molecular weight excluding hydrogens is 368 g/mol. The van der Waals surface area contributed by atoms with Gasteiger partial charge in [0.05, 0.1) is 12.2 Å². The van der Waals surface area contributed by atoms with Gasteiger partial charge in [-0.1, -0.05) is 69.1 Å². The molecule has 4 rings (SSSR count). The van der Waals surface area contributed by atoms with E-state index in [1.165, 1.54) is 63.4 Å². The Morgan fingerprint density at radius 1 is 1.07 bits per heavy atom. The summed E-state index contributed by atoms with van der Waals surface area (Å²) in [5, 5.41) is 20.0. The molecule has 0 spiro atoms. The van der Waals surface area contributed by atoms with Crippen LogP contribution in [0.1, 0.15) is 105 Å². The van der Waals surface area contributed by atoms with E-state index in [1.54, 1.807) is 5.57 Å². The Morgan fingerprint density at radius 2 is 1.77 bits per heavy atom. The summed E-state index contributed by atoms with van der Waals surface area (Å²) >= 11 is 0. The summed E-state index contributed by atoms with van der Waals surface area (Å²) < 4.78 is 0. The van der Waals surface area contributed by atoms with E-state index in [0.717, 1.165) is 12.8 Å². The first-order valence-corrected chi connectivity index (χ1v) is 12.6. The van der Waals surface area contributed by atoms with E-state index in [9.17, 15) is 10.2 Å². The van der Waals surface area contributed by atoms with E-state index in [0.29, 0.717) is 28.6 Å². The fourth-order valence-electron chi connectivity index (χ4n) is 6.93. The second kappa shape index (κ2) is 8.24. The number of aliphatic hydroxyl groups excluding tert-OH is 2. The van der Waals surface area contributed by atoms with Crippen molar-refractivity contribution in [2.75, 3.05) is 0 Å². The molecule has 0 heterocycles. The highest BCUT2D eigenvalue weighted by atomic mass is 16.3. The smallest absolute Gasteiger partial charge is 0.0602 e. The van der Waals surface area contributed by atoms with E-state index >= 15 is 0 Å². The van der Waals surface area contributed by atoms with Gasteiger partial charge in [-0.25, -0.2) is 0 Å². The first-order chi connectivity index (χ1) is 14.1. The zero-order chi connectivity index (χ0) is 21.6. The number of hydrogen-bond acceptors (Lipinski definition) is 2. The molecule has 0 aromatic carbocycles. The molecule has 4 aliphatic carbocycles. The van der Waals surface area contributed by atoms with Gasteiger partial charge >= 0.3 is 0 Å². The average Bonchev–Trinajstić information content (AvgIpc) is 3.31. The molecule has 3 saturated carbocycles. The molecule has 3 fully saturated rings. The number of fused-ring (bicyclic) bond motifs is 1. The minimum absolute atomic E-state index is 0.354. The largest absolute Gasteiger partial charge is 0.393 e. The van der Waals surface area contributed by atoms with Crippen LogP contribution in [-0.4, -0.2) is 22.4 Å². The molecular formula is C28H44O2. The molecule has 0 radical (unpaired) electrons. The lowest BCUT2D eigenvalue weighted by atomic mass is 9.61. The van der Waals surface area contributed by atoms with E-state index in [1.807, 2.05) is 5.57 Å². The Labute approximate surface area is 184 Å². The second-order valence-corrected chi connectivity index (χ2v) is 12.4. The molecule has 0 bridgehead atoms. The van der Waals surface area contributed by atoms with Crippen molar-refractivity contribution < 1.29 is 10.2 Å². The first-order valence-electron chi connectivity index (χ1n) is 12.6. The summed E-state index contributed by atoms with van der Waals surface area (Å²) in [6.07, 6.45) is 20.4. The Hall–Kier alpha value is -0.860. The molecule has 2 unspecified atom stereocenters. The van der Waals surface area contributed by atoms with E-state index in [4.69, 9.17) is 0 Å². The van der Waals surface area contributed by atoms with Gasteiger partial charge in [-0.05, 0) is 92.8 Å². The number of allylic oxidation sites excluding steroid dienone is 5. The van der Waals surface area contributed by atoms with Gasteiger partial charge in [0.1, 0.15) is 0 Å². The van der Waals surface area contributed by atoms with E-state index in [2.05, 4.69) is 45.9 Å². The first kappa shape index (κ1) is 22.3. The molecule has 2 nitrogen and oxygen atoms in total. The van der Waals surface area contributed by atoms with E-state index < -0.39 is 0 Å². The molecule has 0 saturated heterocycles. The van der Waals surface area contributed by atoms with Crippen LogP contribution in [0, 0.1) is 22.2 Å². The lowest BCUT2D eigenvalue weighted by Crippen LogP contribution is -2.33. The summed E-state index contributed by atoms with van der Waals surface area (Å²) in [6, 6.07) is 0. The molecule has 30 heavy (non-hydrogen) atoms. The summed E-state index contributed by atoms with van der Waals surface area (Å²) in [6.45, 7) is 9.68. The van der Waals surface area contributed by atoms with Crippen molar-refractivity contribution in [3.8, 4) is 0 Å². The van der Waals surface area contributed by atoms with Gasteiger partial charge in [0, 0.05) is 0 Å². The van der Waals surface area contributed by atoms with Gasteiger partial charge in [0.15, 0.2) is 0 Å². The van der Waals surface area contributed by atoms with Crippen LogP contribution in [0.5, 0.6) is 0 Å². The maximum absolute atomic E-state index is 10.0. The van der Waals surface area contributed by atoms with Crippen molar-refractivity contribution in [2.24, 2.45) is 22.2 Å². The van der Waals surface area contributed by atoms with Crippen LogP contribution in [0.2, 0.25) is 0 Å². The Bertz CT molecular complexity index is 718. The summed E-state index contributed by atoms with van der Waals surface area (Å²) in [4.78, 5) is 0. The summed E-state index contributed by atoms with van der Waals surface area (Å²) in [5.74, 6) is 0.664. The summed E-state index contributed by atoms with van der Waals surface area (Å²) in [7, 11) is 0. The number of rotatable bonds is 5. The Balaban J connectivity index is 1.47. The third-order valence-electron chi connectivity index (χ3n) is 8.63. The molecule has 168 valence electrons. The van der Waals surface area contributed by atoms with E-state index in [-0.39, 0.29) is 12.2 Å². The molecule has 0 aromatic heterocycles. The van der Waals surface area contributed by atoms with Crippen molar-refractivity contribution in [3.63, 3.8) is 0 Å². The Morgan fingerprint density at radius 3 is 2.40 bits per heavy atom. The maximum Gasteiger partial charge on any atom is 0.0602 e. The van der Waals surface area contributed by atoms with Gasteiger partial charge in [-0.3, -0.25) is 0 Å². The molecule has 0 aliphatic heterocycles. The second-order valence-electron chi connectivity index (χ2n) is 12.4. The maximum atomic E-state index is 10.0. The van der Waals surface area contributed by atoms with Crippen LogP contribution in [0.4, 0.5) is 0 Å². The minimum Gasteiger partial charge on any atom is -0.393 e. The van der Waals surface area contributed by atoms with Crippen LogP contribution >= 0.6 is 0 Å². The molecule has 2 N–H and O–H groups in total. The van der Waals surface area contributed by atoms with Crippen LogP contribution in [0.25, 0.3) is 0 Å². The predicted octanol–water partition coefficient (Wildman–Crippen LogP) is 6.88.